The molecule has 0 amide bonds. The van der Waals surface area contributed by atoms with Gasteiger partial charge in [-0.05, 0) is 35.4 Å². The molecule has 0 unspecified atom stereocenters. The molecule has 0 aliphatic carbocycles. The van der Waals surface area contributed by atoms with Crippen LogP contribution in [0.5, 0.6) is 11.6 Å². The Bertz CT molecular complexity index is 1160. The Kier molecular flexibility index (Phi) is 6.80. The van der Waals surface area contributed by atoms with Crippen molar-refractivity contribution < 1.29 is 14.3 Å². The molecule has 0 bridgehead atoms. The lowest BCUT2D eigenvalue weighted by molar-refractivity contribution is 0.0600. The molecule has 4 rings (SSSR count). The van der Waals surface area contributed by atoms with E-state index in [-0.39, 0.29) is 5.88 Å². The first-order valence-electron chi connectivity index (χ1n) is 10.4. The average Bonchev–Trinajstić information content (AvgIpc) is 2.86. The van der Waals surface area contributed by atoms with Crippen molar-refractivity contribution in [1.82, 2.24) is 9.97 Å². The summed E-state index contributed by atoms with van der Waals surface area (Å²) in [7, 11) is 1.34. The van der Waals surface area contributed by atoms with Crippen molar-refractivity contribution in [2.75, 3.05) is 17.7 Å². The molecule has 7 nitrogen and oxygen atoms in total. The lowest BCUT2D eigenvalue weighted by Gasteiger charge is -2.25. The molecule has 0 saturated carbocycles. The minimum atomic E-state index is -0.414. The van der Waals surface area contributed by atoms with Crippen LogP contribution in [0.15, 0.2) is 91.3 Å². The summed E-state index contributed by atoms with van der Waals surface area (Å²) in [5, 5.41) is 0. The smallest absolute Gasteiger partial charge is 0.337 e. The van der Waals surface area contributed by atoms with Crippen molar-refractivity contribution in [3.63, 3.8) is 0 Å². The molecule has 7 heteroatoms. The highest BCUT2D eigenvalue weighted by Gasteiger charge is 2.18. The number of anilines is 2. The van der Waals surface area contributed by atoms with Gasteiger partial charge in [0.05, 0.1) is 12.7 Å². The summed E-state index contributed by atoms with van der Waals surface area (Å²) in [4.78, 5) is 22.4. The molecule has 0 aliphatic heterocycles. The maximum absolute atomic E-state index is 11.6. The van der Waals surface area contributed by atoms with E-state index in [1.165, 1.54) is 13.4 Å². The van der Waals surface area contributed by atoms with Crippen molar-refractivity contribution in [1.29, 1.82) is 0 Å². The molecule has 1 aromatic heterocycles. The van der Waals surface area contributed by atoms with Gasteiger partial charge in [-0.3, -0.25) is 0 Å². The van der Waals surface area contributed by atoms with Crippen molar-refractivity contribution in [3.8, 4) is 11.6 Å². The normalized spacial score (nSPS) is 10.5. The van der Waals surface area contributed by atoms with Gasteiger partial charge in [-0.25, -0.2) is 9.78 Å². The van der Waals surface area contributed by atoms with E-state index in [9.17, 15) is 4.79 Å². The molecule has 166 valence electrons. The van der Waals surface area contributed by atoms with E-state index < -0.39 is 5.97 Å². The van der Waals surface area contributed by atoms with Crippen LogP contribution >= 0.6 is 0 Å². The van der Waals surface area contributed by atoms with Crippen LogP contribution in [0.4, 0.5) is 11.5 Å². The quantitative estimate of drug-likeness (QED) is 0.392. The summed E-state index contributed by atoms with van der Waals surface area (Å²) < 4.78 is 10.6. The summed E-state index contributed by atoms with van der Waals surface area (Å²) in [5.41, 5.74) is 9.50. The first-order chi connectivity index (χ1) is 16.1. The molecule has 0 fully saturated rings. The van der Waals surface area contributed by atoms with Gasteiger partial charge in [0.15, 0.2) is 5.82 Å². The van der Waals surface area contributed by atoms with E-state index in [1.807, 2.05) is 36.4 Å². The number of nitrogens with zero attached hydrogens (tertiary/aromatic N) is 3. The third-order valence-corrected chi connectivity index (χ3v) is 5.05. The Balaban J connectivity index is 1.62. The Morgan fingerprint density at radius 3 is 1.97 bits per heavy atom. The van der Waals surface area contributed by atoms with E-state index in [0.29, 0.717) is 35.9 Å². The van der Waals surface area contributed by atoms with Gasteiger partial charge in [0.2, 0.25) is 5.88 Å². The average molecular weight is 441 g/mol. The Hall–Kier alpha value is -4.39. The Labute approximate surface area is 192 Å². The number of ether oxygens (including phenoxy) is 2. The molecule has 0 radical (unpaired) electrons. The second-order valence-corrected chi connectivity index (χ2v) is 7.36. The highest BCUT2D eigenvalue weighted by Crippen LogP contribution is 2.33. The van der Waals surface area contributed by atoms with E-state index in [2.05, 4.69) is 39.1 Å². The number of carbonyl (C=O) groups excluding carboxylic acids is 1. The fourth-order valence-electron chi connectivity index (χ4n) is 3.41. The predicted octanol–water partition coefficient (Wildman–Crippen LogP) is 4.84. The molecule has 4 aromatic rings. The SMILES string of the molecule is COC(=O)c1ccc(Oc2ncnc(N(Cc3ccccc3)Cc3ccccc3)c2N)cc1. The number of hydrogen-bond acceptors (Lipinski definition) is 7. The number of nitrogen functional groups attached to an aromatic ring is 1. The molecular weight excluding hydrogens is 416 g/mol. The van der Waals surface area contributed by atoms with Crippen LogP contribution in [0.2, 0.25) is 0 Å². The summed E-state index contributed by atoms with van der Waals surface area (Å²) in [5.74, 6) is 0.912. The third kappa shape index (κ3) is 5.46. The van der Waals surface area contributed by atoms with E-state index >= 15 is 0 Å². The molecule has 33 heavy (non-hydrogen) atoms. The number of rotatable bonds is 8. The summed E-state index contributed by atoms with van der Waals surface area (Å²) in [6.45, 7) is 1.23. The standard InChI is InChI=1S/C26H24N4O3/c1-32-26(31)21-12-14-22(15-13-21)33-25-23(27)24(28-18-29-25)30(16-19-8-4-2-5-9-19)17-20-10-6-3-7-11-20/h2-15,18H,16-17,27H2,1H3. The molecule has 0 aliphatic rings. The summed E-state index contributed by atoms with van der Waals surface area (Å²) in [6.07, 6.45) is 1.44. The number of benzene rings is 3. The fraction of sp³-hybridized carbons (Fsp3) is 0.115. The number of methoxy groups -OCH3 is 1. The maximum Gasteiger partial charge on any atom is 0.337 e. The van der Waals surface area contributed by atoms with Gasteiger partial charge in [0.25, 0.3) is 0 Å². The van der Waals surface area contributed by atoms with Crippen LogP contribution in [-0.4, -0.2) is 23.0 Å². The number of aromatic nitrogens is 2. The van der Waals surface area contributed by atoms with Crippen molar-refractivity contribution in [2.24, 2.45) is 0 Å². The molecule has 1 heterocycles. The number of hydrogen-bond donors (Lipinski definition) is 1. The zero-order chi connectivity index (χ0) is 23.0. The molecular formula is C26H24N4O3. The fourth-order valence-corrected chi connectivity index (χ4v) is 3.41. The van der Waals surface area contributed by atoms with Crippen LogP contribution in [0.1, 0.15) is 21.5 Å². The van der Waals surface area contributed by atoms with Crippen molar-refractivity contribution in [3.05, 3.63) is 108 Å². The van der Waals surface area contributed by atoms with Crippen LogP contribution in [0.3, 0.4) is 0 Å². The lowest BCUT2D eigenvalue weighted by atomic mass is 10.1. The Morgan fingerprint density at radius 1 is 0.848 bits per heavy atom. The van der Waals surface area contributed by atoms with Crippen LogP contribution in [0, 0.1) is 0 Å². The topological polar surface area (TPSA) is 90.6 Å². The first kappa shape index (κ1) is 21.8. The van der Waals surface area contributed by atoms with Gasteiger partial charge < -0.3 is 20.1 Å². The Morgan fingerprint density at radius 2 is 1.42 bits per heavy atom. The minimum Gasteiger partial charge on any atom is -0.465 e. The van der Waals surface area contributed by atoms with Crippen molar-refractivity contribution in [2.45, 2.75) is 13.1 Å². The molecule has 3 aromatic carbocycles. The maximum atomic E-state index is 11.6. The minimum absolute atomic E-state index is 0.247. The van der Waals surface area contributed by atoms with E-state index in [4.69, 9.17) is 15.2 Å². The largest absolute Gasteiger partial charge is 0.465 e. The van der Waals surface area contributed by atoms with Gasteiger partial charge in [-0.2, -0.15) is 4.98 Å². The lowest BCUT2D eigenvalue weighted by Crippen LogP contribution is -2.24. The van der Waals surface area contributed by atoms with Crippen LogP contribution < -0.4 is 15.4 Å². The number of nitrogens with two attached hydrogens (primary N) is 1. The second kappa shape index (κ2) is 10.3. The van der Waals surface area contributed by atoms with Gasteiger partial charge in [0.1, 0.15) is 17.8 Å². The zero-order valence-electron chi connectivity index (χ0n) is 18.2. The predicted molar refractivity (Wildman–Crippen MR) is 127 cm³/mol. The van der Waals surface area contributed by atoms with Gasteiger partial charge in [0, 0.05) is 13.1 Å². The van der Waals surface area contributed by atoms with Gasteiger partial charge >= 0.3 is 5.97 Å². The molecule has 0 atom stereocenters. The monoisotopic (exact) mass is 440 g/mol. The van der Waals surface area contributed by atoms with Gasteiger partial charge in [-0.15, -0.1) is 0 Å². The highest BCUT2D eigenvalue weighted by molar-refractivity contribution is 5.89. The molecule has 0 saturated heterocycles. The highest BCUT2D eigenvalue weighted by atomic mass is 16.5. The number of esters is 1. The van der Waals surface area contributed by atoms with Crippen LogP contribution in [-0.2, 0) is 17.8 Å². The third-order valence-electron chi connectivity index (χ3n) is 5.05. The van der Waals surface area contributed by atoms with Crippen molar-refractivity contribution >= 4 is 17.5 Å². The second-order valence-electron chi connectivity index (χ2n) is 7.36. The number of carbonyl (C=O) groups is 1. The van der Waals surface area contributed by atoms with Gasteiger partial charge in [-0.1, -0.05) is 60.7 Å². The molecule has 0 spiro atoms. The van der Waals surface area contributed by atoms with E-state index in [0.717, 1.165) is 11.1 Å². The summed E-state index contributed by atoms with van der Waals surface area (Å²) in [6, 6.07) is 26.8. The zero-order valence-corrected chi connectivity index (χ0v) is 18.2. The summed E-state index contributed by atoms with van der Waals surface area (Å²) >= 11 is 0. The molecule has 2 N–H and O–H groups in total. The first-order valence-corrected chi connectivity index (χ1v) is 10.4. The van der Waals surface area contributed by atoms with Crippen LogP contribution in [0.25, 0.3) is 0 Å². The van der Waals surface area contributed by atoms with E-state index in [1.54, 1.807) is 24.3 Å².